The first-order chi connectivity index (χ1) is 19.0. The maximum atomic E-state index is 13.7. The predicted molar refractivity (Wildman–Crippen MR) is 156 cm³/mol. The van der Waals surface area contributed by atoms with Gasteiger partial charge in [-0.3, -0.25) is 4.79 Å². The molecule has 1 saturated carbocycles. The minimum absolute atomic E-state index is 0.00587. The van der Waals surface area contributed by atoms with E-state index in [0.29, 0.717) is 24.4 Å². The summed E-state index contributed by atoms with van der Waals surface area (Å²) in [5.74, 6) is -0.657. The van der Waals surface area contributed by atoms with Gasteiger partial charge in [-0.1, -0.05) is 24.3 Å². The van der Waals surface area contributed by atoms with Gasteiger partial charge in [0, 0.05) is 29.5 Å². The van der Waals surface area contributed by atoms with Crippen LogP contribution in [0.1, 0.15) is 73.0 Å². The SMILES string of the molecule is CSc1ccc(C(=O)C2CN(C(=O)OC3CCCC3)CC2CCc2cc(C)c(OC(C)(C)C(=O)O)c(C)c2)cc1. The number of ketones is 1. The van der Waals surface area contributed by atoms with E-state index in [1.165, 1.54) is 13.8 Å². The Morgan fingerprint density at radius 3 is 2.23 bits per heavy atom. The van der Waals surface area contributed by atoms with Gasteiger partial charge in [-0.05, 0) is 107 Å². The first kappa shape index (κ1) is 30.0. The van der Waals surface area contributed by atoms with Crippen LogP contribution < -0.4 is 4.74 Å². The van der Waals surface area contributed by atoms with E-state index in [2.05, 4.69) is 0 Å². The molecule has 1 saturated heterocycles. The van der Waals surface area contributed by atoms with Crippen LogP contribution in [0, 0.1) is 25.7 Å². The van der Waals surface area contributed by atoms with E-state index < -0.39 is 11.6 Å². The lowest BCUT2D eigenvalue weighted by Crippen LogP contribution is -2.38. The fraction of sp³-hybridized carbons (Fsp3) is 0.531. The Bertz CT molecular complexity index is 1210. The van der Waals surface area contributed by atoms with Gasteiger partial charge in [0.25, 0.3) is 0 Å². The average molecular weight is 568 g/mol. The van der Waals surface area contributed by atoms with E-state index in [0.717, 1.165) is 60.1 Å². The smallest absolute Gasteiger partial charge is 0.410 e. The number of thioether (sulfide) groups is 1. The number of rotatable bonds is 10. The first-order valence-corrected chi connectivity index (χ1v) is 15.4. The molecule has 2 fully saturated rings. The number of benzene rings is 2. The van der Waals surface area contributed by atoms with E-state index in [4.69, 9.17) is 9.47 Å². The van der Waals surface area contributed by atoms with Crippen molar-refractivity contribution in [3.05, 3.63) is 58.7 Å². The number of Topliss-reactive ketones (excluding diaryl/α,β-unsaturated/α-hetero) is 1. The van der Waals surface area contributed by atoms with Gasteiger partial charge >= 0.3 is 12.1 Å². The van der Waals surface area contributed by atoms with Gasteiger partial charge in [-0.25, -0.2) is 9.59 Å². The summed E-state index contributed by atoms with van der Waals surface area (Å²) in [6.45, 7) is 7.79. The van der Waals surface area contributed by atoms with Gasteiger partial charge in [0.1, 0.15) is 11.9 Å². The largest absolute Gasteiger partial charge is 0.478 e. The Morgan fingerprint density at radius 2 is 1.65 bits per heavy atom. The third kappa shape index (κ3) is 7.00. The van der Waals surface area contributed by atoms with E-state index in [1.54, 1.807) is 16.7 Å². The van der Waals surface area contributed by atoms with Gasteiger partial charge in [-0.15, -0.1) is 11.8 Å². The molecular formula is C32H41NO6S. The Kier molecular flexibility index (Phi) is 9.49. The quantitative estimate of drug-likeness (QED) is 0.252. The van der Waals surface area contributed by atoms with Crippen molar-refractivity contribution in [2.45, 2.75) is 82.8 Å². The zero-order valence-electron chi connectivity index (χ0n) is 24.2. The zero-order valence-corrected chi connectivity index (χ0v) is 25.0. The molecule has 7 nitrogen and oxygen atoms in total. The second-order valence-corrected chi connectivity index (χ2v) is 12.5. The third-order valence-corrected chi connectivity index (χ3v) is 8.92. The summed E-state index contributed by atoms with van der Waals surface area (Å²) in [6.07, 6.45) is 7.16. The van der Waals surface area contributed by atoms with Crippen molar-refractivity contribution in [3.8, 4) is 5.75 Å². The molecule has 2 aromatic carbocycles. The van der Waals surface area contributed by atoms with Crippen molar-refractivity contribution in [1.29, 1.82) is 0 Å². The average Bonchev–Trinajstić information content (AvgIpc) is 3.59. The Morgan fingerprint density at radius 1 is 1.02 bits per heavy atom. The second-order valence-electron chi connectivity index (χ2n) is 11.7. The van der Waals surface area contributed by atoms with Crippen molar-refractivity contribution >= 4 is 29.6 Å². The Hall–Kier alpha value is -3.00. The molecular weight excluding hydrogens is 526 g/mol. The topological polar surface area (TPSA) is 93.1 Å². The molecule has 0 bridgehead atoms. The number of amides is 1. The first-order valence-electron chi connectivity index (χ1n) is 14.1. The molecule has 4 rings (SSSR count). The van der Waals surface area contributed by atoms with Gasteiger partial charge in [0.15, 0.2) is 11.4 Å². The number of aliphatic carboxylic acids is 1. The summed E-state index contributed by atoms with van der Waals surface area (Å²) in [6, 6.07) is 11.8. The standard InChI is InChI=1S/C32H41NO6S/c1-20-16-22(17-21(2)29(20)39-32(3,4)30(35)36)10-11-24-18-33(31(37)38-25-8-6-7-9-25)19-27(24)28(34)23-12-14-26(40-5)15-13-23/h12-17,24-25,27H,6-11,18-19H2,1-5H3,(H,35,36). The molecule has 8 heteroatoms. The normalized spacial score (nSPS) is 19.6. The molecule has 1 aliphatic heterocycles. The van der Waals surface area contributed by atoms with Gasteiger partial charge < -0.3 is 19.5 Å². The molecule has 40 heavy (non-hydrogen) atoms. The fourth-order valence-electron chi connectivity index (χ4n) is 5.80. The molecule has 0 spiro atoms. The number of carboxylic acid groups (broad SMARTS) is 1. The third-order valence-electron chi connectivity index (χ3n) is 8.18. The molecule has 1 aliphatic carbocycles. The number of hydrogen-bond acceptors (Lipinski definition) is 6. The number of carbonyl (C=O) groups excluding carboxylic acids is 2. The highest BCUT2D eigenvalue weighted by Gasteiger charge is 2.41. The van der Waals surface area contributed by atoms with Crippen LogP contribution in [0.5, 0.6) is 5.75 Å². The van der Waals surface area contributed by atoms with Crippen molar-refractivity contribution < 1.29 is 29.0 Å². The van der Waals surface area contributed by atoms with Crippen LogP contribution in [-0.2, 0) is 16.0 Å². The Balaban J connectivity index is 1.50. The summed E-state index contributed by atoms with van der Waals surface area (Å²) in [5.41, 5.74) is 2.18. The van der Waals surface area contributed by atoms with E-state index in [1.807, 2.05) is 56.5 Å². The molecule has 0 radical (unpaired) electrons. The lowest BCUT2D eigenvalue weighted by molar-refractivity contribution is -0.152. The molecule has 2 unspecified atom stereocenters. The number of nitrogens with zero attached hydrogens (tertiary/aromatic N) is 1. The molecule has 1 heterocycles. The molecule has 2 aliphatic rings. The van der Waals surface area contributed by atoms with Gasteiger partial charge in [0.2, 0.25) is 0 Å². The van der Waals surface area contributed by atoms with Crippen molar-refractivity contribution in [3.63, 3.8) is 0 Å². The molecule has 1 N–H and O–H groups in total. The molecule has 0 aromatic heterocycles. The molecule has 2 aromatic rings. The van der Waals surface area contributed by atoms with Crippen LogP contribution in [0.2, 0.25) is 0 Å². The van der Waals surface area contributed by atoms with Crippen LogP contribution >= 0.6 is 11.8 Å². The maximum absolute atomic E-state index is 13.7. The highest BCUT2D eigenvalue weighted by Crippen LogP contribution is 2.34. The number of carboxylic acids is 1. The summed E-state index contributed by atoms with van der Waals surface area (Å²) in [7, 11) is 0. The van der Waals surface area contributed by atoms with Gasteiger partial charge in [-0.2, -0.15) is 0 Å². The van der Waals surface area contributed by atoms with Crippen LogP contribution in [0.3, 0.4) is 0 Å². The van der Waals surface area contributed by atoms with Crippen molar-refractivity contribution in [2.24, 2.45) is 11.8 Å². The number of carbonyl (C=O) groups is 3. The van der Waals surface area contributed by atoms with Crippen LogP contribution in [-0.4, -0.2) is 58.9 Å². The van der Waals surface area contributed by atoms with Crippen molar-refractivity contribution in [2.75, 3.05) is 19.3 Å². The minimum atomic E-state index is -1.33. The fourth-order valence-corrected chi connectivity index (χ4v) is 6.21. The number of aryl methyl sites for hydroxylation is 3. The summed E-state index contributed by atoms with van der Waals surface area (Å²) in [4.78, 5) is 41.1. The lowest BCUT2D eigenvalue weighted by atomic mass is 9.84. The number of ether oxygens (including phenoxy) is 2. The predicted octanol–water partition coefficient (Wildman–Crippen LogP) is 6.71. The van der Waals surface area contributed by atoms with Crippen LogP contribution in [0.15, 0.2) is 41.3 Å². The lowest BCUT2D eigenvalue weighted by Gasteiger charge is -2.25. The monoisotopic (exact) mass is 567 g/mol. The van der Waals surface area contributed by atoms with Crippen LogP contribution in [0.25, 0.3) is 0 Å². The zero-order chi connectivity index (χ0) is 29.0. The van der Waals surface area contributed by atoms with Gasteiger partial charge in [0.05, 0.1) is 0 Å². The second kappa shape index (κ2) is 12.7. The van der Waals surface area contributed by atoms with E-state index >= 15 is 0 Å². The summed E-state index contributed by atoms with van der Waals surface area (Å²) in [5, 5.41) is 9.47. The number of likely N-dealkylation sites (tertiary alicyclic amines) is 1. The molecule has 216 valence electrons. The van der Waals surface area contributed by atoms with E-state index in [9.17, 15) is 19.5 Å². The summed E-state index contributed by atoms with van der Waals surface area (Å²) < 4.78 is 11.7. The maximum Gasteiger partial charge on any atom is 0.410 e. The summed E-state index contributed by atoms with van der Waals surface area (Å²) >= 11 is 1.64. The minimum Gasteiger partial charge on any atom is -0.478 e. The van der Waals surface area contributed by atoms with E-state index in [-0.39, 0.29) is 29.8 Å². The molecule has 1 amide bonds. The highest BCUT2D eigenvalue weighted by atomic mass is 32.2. The van der Waals surface area contributed by atoms with Crippen molar-refractivity contribution in [1.82, 2.24) is 4.90 Å². The highest BCUT2D eigenvalue weighted by molar-refractivity contribution is 7.98. The van der Waals surface area contributed by atoms with Crippen LogP contribution in [0.4, 0.5) is 4.79 Å². The molecule has 2 atom stereocenters. The number of hydrogen-bond donors (Lipinski definition) is 1. The Labute approximate surface area is 241 Å².